The second-order valence-corrected chi connectivity index (χ2v) is 10.0. The second-order valence-electron chi connectivity index (χ2n) is 9.58. The molecule has 4 aromatic rings. The lowest BCUT2D eigenvalue weighted by atomic mass is 9.86. The predicted molar refractivity (Wildman–Crippen MR) is 134 cm³/mol. The van der Waals surface area contributed by atoms with Crippen LogP contribution < -0.4 is 10.9 Å². The zero-order valence-electron chi connectivity index (χ0n) is 19.1. The Hall–Kier alpha value is -3.44. The summed E-state index contributed by atoms with van der Waals surface area (Å²) >= 11 is 6.15. The van der Waals surface area contributed by atoms with Crippen molar-refractivity contribution < 1.29 is 0 Å². The van der Waals surface area contributed by atoms with Gasteiger partial charge in [-0.3, -0.25) is 4.79 Å². The van der Waals surface area contributed by atoms with Gasteiger partial charge in [-0.15, -0.1) is 0 Å². The average Bonchev–Trinajstić information content (AvgIpc) is 2.79. The van der Waals surface area contributed by atoms with Crippen LogP contribution >= 0.6 is 11.6 Å². The SMILES string of the molecule is CC(C)(C)c1ccc(-c2nn3c(nc2=O)-c2ccccc2NC3(C)c2ccc(Cl)cc2)cc1. The average molecular weight is 457 g/mol. The molecule has 1 aliphatic heterocycles. The van der Waals surface area contributed by atoms with Crippen LogP contribution in [-0.4, -0.2) is 14.8 Å². The van der Waals surface area contributed by atoms with Crippen molar-refractivity contribution in [2.24, 2.45) is 0 Å². The maximum Gasteiger partial charge on any atom is 0.300 e. The second kappa shape index (κ2) is 7.56. The van der Waals surface area contributed by atoms with Crippen LogP contribution in [0.3, 0.4) is 0 Å². The van der Waals surface area contributed by atoms with Crippen LogP contribution in [0.15, 0.2) is 77.6 Å². The fourth-order valence-electron chi connectivity index (χ4n) is 4.25. The summed E-state index contributed by atoms with van der Waals surface area (Å²) in [7, 11) is 0. The van der Waals surface area contributed by atoms with Crippen LogP contribution in [0, 0.1) is 0 Å². The Bertz CT molecular complexity index is 1400. The fourth-order valence-corrected chi connectivity index (χ4v) is 4.38. The van der Waals surface area contributed by atoms with Gasteiger partial charge in [0.25, 0.3) is 5.56 Å². The van der Waals surface area contributed by atoms with Crippen molar-refractivity contribution in [3.05, 3.63) is 99.3 Å². The third-order valence-electron chi connectivity index (χ3n) is 6.21. The molecule has 5 nitrogen and oxygen atoms in total. The molecular weight excluding hydrogens is 432 g/mol. The van der Waals surface area contributed by atoms with Crippen LogP contribution in [0.2, 0.25) is 5.02 Å². The highest BCUT2D eigenvalue weighted by molar-refractivity contribution is 6.30. The fraction of sp³-hybridized carbons (Fsp3) is 0.222. The molecule has 0 saturated heterocycles. The van der Waals surface area contributed by atoms with E-state index in [-0.39, 0.29) is 11.0 Å². The van der Waals surface area contributed by atoms with E-state index in [0.29, 0.717) is 16.5 Å². The Morgan fingerprint density at radius 1 is 0.939 bits per heavy atom. The number of anilines is 1. The summed E-state index contributed by atoms with van der Waals surface area (Å²) in [4.78, 5) is 17.7. The molecule has 0 fully saturated rings. The Labute approximate surface area is 198 Å². The van der Waals surface area contributed by atoms with E-state index in [1.54, 1.807) is 0 Å². The quantitative estimate of drug-likeness (QED) is 0.397. The highest BCUT2D eigenvalue weighted by atomic mass is 35.5. The van der Waals surface area contributed by atoms with E-state index in [4.69, 9.17) is 16.7 Å². The molecule has 5 rings (SSSR count). The van der Waals surface area contributed by atoms with Gasteiger partial charge in [0.2, 0.25) is 0 Å². The molecule has 1 unspecified atom stereocenters. The van der Waals surface area contributed by atoms with Crippen LogP contribution in [-0.2, 0) is 11.1 Å². The maximum atomic E-state index is 13.2. The highest BCUT2D eigenvalue weighted by Crippen LogP contribution is 2.40. The van der Waals surface area contributed by atoms with E-state index in [2.05, 4.69) is 31.1 Å². The largest absolute Gasteiger partial charge is 0.357 e. The maximum absolute atomic E-state index is 13.2. The Balaban J connectivity index is 1.73. The Kier molecular flexibility index (Phi) is 4.91. The number of aromatic nitrogens is 3. The van der Waals surface area contributed by atoms with Crippen LogP contribution in [0.1, 0.15) is 38.8 Å². The van der Waals surface area contributed by atoms with Crippen LogP contribution in [0.5, 0.6) is 0 Å². The van der Waals surface area contributed by atoms with Gasteiger partial charge in [0.15, 0.2) is 17.2 Å². The molecule has 6 heteroatoms. The van der Waals surface area contributed by atoms with Gasteiger partial charge in [0, 0.05) is 21.8 Å². The molecule has 166 valence electrons. The number of halogens is 1. The third-order valence-corrected chi connectivity index (χ3v) is 6.46. The van der Waals surface area contributed by atoms with Crippen LogP contribution in [0.25, 0.3) is 22.6 Å². The molecule has 0 saturated carbocycles. The number of hydrogen-bond acceptors (Lipinski definition) is 4. The first-order valence-corrected chi connectivity index (χ1v) is 11.3. The molecule has 1 N–H and O–H groups in total. The van der Waals surface area contributed by atoms with Gasteiger partial charge in [-0.05, 0) is 47.7 Å². The number of hydrogen-bond donors (Lipinski definition) is 1. The molecule has 33 heavy (non-hydrogen) atoms. The lowest BCUT2D eigenvalue weighted by Gasteiger charge is -2.39. The van der Waals surface area contributed by atoms with Crippen molar-refractivity contribution in [2.45, 2.75) is 38.8 Å². The first-order valence-electron chi connectivity index (χ1n) is 10.9. The van der Waals surface area contributed by atoms with Gasteiger partial charge in [-0.1, -0.05) is 80.9 Å². The van der Waals surface area contributed by atoms with Gasteiger partial charge >= 0.3 is 0 Å². The summed E-state index contributed by atoms with van der Waals surface area (Å²) in [5, 5.41) is 9.14. The van der Waals surface area contributed by atoms with Crippen molar-refractivity contribution in [1.82, 2.24) is 14.8 Å². The summed E-state index contributed by atoms with van der Waals surface area (Å²) in [6, 6.07) is 23.4. The van der Waals surface area contributed by atoms with E-state index in [0.717, 1.165) is 22.4 Å². The van der Waals surface area contributed by atoms with E-state index in [9.17, 15) is 4.79 Å². The molecule has 2 heterocycles. The topological polar surface area (TPSA) is 59.8 Å². The van der Waals surface area contributed by atoms with Gasteiger partial charge in [0.1, 0.15) is 0 Å². The zero-order valence-corrected chi connectivity index (χ0v) is 19.8. The number of rotatable bonds is 2. The molecule has 1 aliphatic rings. The molecule has 0 radical (unpaired) electrons. The zero-order chi connectivity index (χ0) is 23.4. The Morgan fingerprint density at radius 3 is 2.27 bits per heavy atom. The van der Waals surface area contributed by atoms with Gasteiger partial charge < -0.3 is 5.32 Å². The monoisotopic (exact) mass is 456 g/mol. The van der Waals surface area contributed by atoms with Crippen molar-refractivity contribution in [3.8, 4) is 22.6 Å². The minimum atomic E-state index is -0.769. The lowest BCUT2D eigenvalue weighted by molar-refractivity contribution is 0.391. The van der Waals surface area contributed by atoms with Gasteiger partial charge in [-0.25, -0.2) is 4.68 Å². The first kappa shape index (κ1) is 21.4. The van der Waals surface area contributed by atoms with Gasteiger partial charge in [0.05, 0.1) is 0 Å². The van der Waals surface area contributed by atoms with Crippen molar-refractivity contribution in [1.29, 1.82) is 0 Å². The van der Waals surface area contributed by atoms with Crippen LogP contribution in [0.4, 0.5) is 5.69 Å². The Morgan fingerprint density at radius 2 is 1.61 bits per heavy atom. The summed E-state index contributed by atoms with van der Waals surface area (Å²) in [6.07, 6.45) is 0. The number of fused-ring (bicyclic) bond motifs is 3. The van der Waals surface area contributed by atoms with Crippen molar-refractivity contribution >= 4 is 17.3 Å². The number of nitrogens with zero attached hydrogens (tertiary/aromatic N) is 3. The van der Waals surface area contributed by atoms with Crippen molar-refractivity contribution in [2.75, 3.05) is 5.32 Å². The molecule has 1 aromatic heterocycles. The minimum absolute atomic E-state index is 0.0237. The summed E-state index contributed by atoms with van der Waals surface area (Å²) in [5.41, 5.74) is 3.85. The lowest BCUT2D eigenvalue weighted by Crippen LogP contribution is -2.46. The standard InChI is InChI=1S/C27H25ClN4O/c1-26(2,3)18-11-9-17(10-12-18)23-25(33)29-24-21-7-5-6-8-22(21)30-27(4,32(24)31-23)19-13-15-20(28)16-14-19/h5-16,30H,1-4H3. The summed E-state index contributed by atoms with van der Waals surface area (Å²) in [5.74, 6) is 0.530. The van der Waals surface area contributed by atoms with E-state index < -0.39 is 5.66 Å². The normalized spacial score (nSPS) is 17.1. The number of para-hydroxylation sites is 1. The molecule has 0 amide bonds. The van der Waals surface area contributed by atoms with Crippen molar-refractivity contribution in [3.63, 3.8) is 0 Å². The van der Waals surface area contributed by atoms with Gasteiger partial charge in [-0.2, -0.15) is 10.1 Å². The molecular formula is C27H25ClN4O. The molecule has 0 spiro atoms. The predicted octanol–water partition coefficient (Wildman–Crippen LogP) is 6.07. The van der Waals surface area contributed by atoms with E-state index >= 15 is 0 Å². The smallest absolute Gasteiger partial charge is 0.300 e. The minimum Gasteiger partial charge on any atom is -0.357 e. The third kappa shape index (κ3) is 3.62. The first-order chi connectivity index (χ1) is 15.7. The summed E-state index contributed by atoms with van der Waals surface area (Å²) in [6.45, 7) is 8.52. The molecule has 3 aromatic carbocycles. The number of nitrogens with one attached hydrogen (secondary N) is 1. The van der Waals surface area contributed by atoms with E-state index in [1.165, 1.54) is 5.56 Å². The summed E-state index contributed by atoms with van der Waals surface area (Å²) < 4.78 is 1.81. The molecule has 0 bridgehead atoms. The van der Waals surface area contributed by atoms with E-state index in [1.807, 2.05) is 84.4 Å². The molecule has 1 atom stereocenters. The molecule has 0 aliphatic carbocycles. The highest BCUT2D eigenvalue weighted by Gasteiger charge is 2.37. The number of benzene rings is 3.